The van der Waals surface area contributed by atoms with E-state index in [1.165, 1.54) is 0 Å². The van der Waals surface area contributed by atoms with E-state index in [9.17, 15) is 4.79 Å². The van der Waals surface area contributed by atoms with Crippen molar-refractivity contribution in [1.29, 1.82) is 0 Å². The highest BCUT2D eigenvalue weighted by Gasteiger charge is 2.18. The molecule has 3 nitrogen and oxygen atoms in total. The molecule has 1 aromatic heterocycles. The number of carbonyl (C=O) groups excluding carboxylic acids is 1. The van der Waals surface area contributed by atoms with Crippen LogP contribution in [0.15, 0.2) is 60.9 Å². The highest BCUT2D eigenvalue weighted by molar-refractivity contribution is 5.90. The zero-order valence-electron chi connectivity index (χ0n) is 14.1. The highest BCUT2D eigenvalue weighted by Crippen LogP contribution is 2.31. The molecule has 0 fully saturated rings. The normalized spacial score (nSPS) is 12.1. The van der Waals surface area contributed by atoms with Crippen molar-refractivity contribution in [1.82, 2.24) is 10.3 Å². The fourth-order valence-electron chi connectivity index (χ4n) is 2.93. The van der Waals surface area contributed by atoms with Crippen LogP contribution in [-0.4, -0.2) is 17.4 Å². The van der Waals surface area contributed by atoms with Crippen molar-refractivity contribution >= 4 is 16.7 Å². The number of aromatic nitrogens is 1. The van der Waals surface area contributed by atoms with Crippen molar-refractivity contribution in [3.63, 3.8) is 0 Å². The van der Waals surface area contributed by atoms with Gasteiger partial charge in [0.1, 0.15) is 0 Å². The molecule has 3 aromatic rings. The lowest BCUT2D eigenvalue weighted by Crippen LogP contribution is -2.28. The van der Waals surface area contributed by atoms with Gasteiger partial charge in [-0.3, -0.25) is 9.78 Å². The monoisotopic (exact) mass is 318 g/mol. The number of carbonyl (C=O) groups is 1. The first-order valence-electron chi connectivity index (χ1n) is 8.41. The summed E-state index contributed by atoms with van der Waals surface area (Å²) >= 11 is 0. The molecular formula is C21H22N2O. The van der Waals surface area contributed by atoms with E-state index in [0.717, 1.165) is 33.9 Å². The number of pyridine rings is 1. The predicted molar refractivity (Wildman–Crippen MR) is 98.9 cm³/mol. The Morgan fingerprint density at radius 2 is 1.96 bits per heavy atom. The van der Waals surface area contributed by atoms with Gasteiger partial charge in [-0.05, 0) is 47.6 Å². The Labute approximate surface area is 142 Å². The summed E-state index contributed by atoms with van der Waals surface area (Å²) in [5.41, 5.74) is 3.29. The summed E-state index contributed by atoms with van der Waals surface area (Å²) in [6, 6.07) is 16.5. The zero-order chi connectivity index (χ0) is 16.9. The van der Waals surface area contributed by atoms with Crippen molar-refractivity contribution in [3.8, 4) is 11.1 Å². The van der Waals surface area contributed by atoms with Crippen LogP contribution in [0.3, 0.4) is 0 Å². The van der Waals surface area contributed by atoms with E-state index in [1.807, 2.05) is 37.4 Å². The average Bonchev–Trinajstić information content (AvgIpc) is 2.65. The fourth-order valence-corrected chi connectivity index (χ4v) is 2.93. The third-order valence-electron chi connectivity index (χ3n) is 4.32. The zero-order valence-corrected chi connectivity index (χ0v) is 14.1. The van der Waals surface area contributed by atoms with Crippen LogP contribution in [0.1, 0.15) is 31.7 Å². The molecule has 2 aromatic carbocycles. The Morgan fingerprint density at radius 1 is 1.12 bits per heavy atom. The summed E-state index contributed by atoms with van der Waals surface area (Å²) in [7, 11) is 0. The second-order valence-corrected chi connectivity index (χ2v) is 6.04. The summed E-state index contributed by atoms with van der Waals surface area (Å²) in [6.45, 7) is 4.74. The molecule has 0 saturated carbocycles. The van der Waals surface area contributed by atoms with Crippen LogP contribution < -0.4 is 5.32 Å². The van der Waals surface area contributed by atoms with Crippen molar-refractivity contribution in [2.75, 3.05) is 6.54 Å². The molecule has 1 amide bonds. The van der Waals surface area contributed by atoms with Gasteiger partial charge in [-0.2, -0.15) is 0 Å². The van der Waals surface area contributed by atoms with Gasteiger partial charge in [-0.15, -0.1) is 0 Å². The lowest BCUT2D eigenvalue weighted by molar-refractivity contribution is -0.122. The van der Waals surface area contributed by atoms with Crippen molar-refractivity contribution in [3.05, 3.63) is 66.5 Å². The molecule has 1 heterocycles. The second-order valence-electron chi connectivity index (χ2n) is 6.04. The molecule has 0 aliphatic carbocycles. The molecule has 3 rings (SSSR count). The summed E-state index contributed by atoms with van der Waals surface area (Å²) in [6.07, 6.45) is 4.61. The summed E-state index contributed by atoms with van der Waals surface area (Å²) in [5.74, 6) is -0.102. The van der Waals surface area contributed by atoms with Crippen LogP contribution in [0, 0.1) is 0 Å². The van der Waals surface area contributed by atoms with Crippen LogP contribution in [0.4, 0.5) is 0 Å². The minimum Gasteiger partial charge on any atom is -0.356 e. The molecular weight excluding hydrogens is 296 g/mol. The van der Waals surface area contributed by atoms with Crippen LogP contribution in [0.5, 0.6) is 0 Å². The van der Waals surface area contributed by atoms with Crippen LogP contribution >= 0.6 is 0 Å². The minimum absolute atomic E-state index is 0.0780. The molecule has 122 valence electrons. The summed E-state index contributed by atoms with van der Waals surface area (Å²) in [4.78, 5) is 16.5. The third-order valence-corrected chi connectivity index (χ3v) is 4.32. The number of nitrogens with one attached hydrogen (secondary N) is 1. The number of benzene rings is 2. The van der Waals surface area contributed by atoms with Gasteiger partial charge in [0.15, 0.2) is 0 Å². The van der Waals surface area contributed by atoms with Crippen molar-refractivity contribution < 1.29 is 4.79 Å². The van der Waals surface area contributed by atoms with Gasteiger partial charge in [0.25, 0.3) is 0 Å². The van der Waals surface area contributed by atoms with Crippen LogP contribution in [-0.2, 0) is 4.79 Å². The molecule has 3 heteroatoms. The Kier molecular flexibility index (Phi) is 4.90. The Hall–Kier alpha value is -2.68. The first-order chi connectivity index (χ1) is 11.7. The van der Waals surface area contributed by atoms with Crippen LogP contribution in [0.25, 0.3) is 21.9 Å². The first-order valence-corrected chi connectivity index (χ1v) is 8.41. The molecule has 0 aliphatic heterocycles. The van der Waals surface area contributed by atoms with Crippen LogP contribution in [0.2, 0.25) is 0 Å². The van der Waals surface area contributed by atoms with Gasteiger partial charge < -0.3 is 5.32 Å². The quantitative estimate of drug-likeness (QED) is 0.751. The average molecular weight is 318 g/mol. The summed E-state index contributed by atoms with van der Waals surface area (Å²) in [5, 5.41) is 5.26. The third kappa shape index (κ3) is 3.30. The van der Waals surface area contributed by atoms with Gasteiger partial charge in [0.05, 0.1) is 5.92 Å². The molecule has 0 saturated heterocycles. The first kappa shape index (κ1) is 16.2. The van der Waals surface area contributed by atoms with Gasteiger partial charge in [0, 0.05) is 24.3 Å². The van der Waals surface area contributed by atoms with Crippen molar-refractivity contribution in [2.24, 2.45) is 0 Å². The molecule has 24 heavy (non-hydrogen) atoms. The molecule has 1 atom stereocenters. The number of nitrogens with zero attached hydrogens (tertiary/aromatic N) is 1. The minimum atomic E-state index is -0.180. The topological polar surface area (TPSA) is 42.0 Å². The molecule has 0 radical (unpaired) electrons. The maximum Gasteiger partial charge on any atom is 0.227 e. The second kappa shape index (κ2) is 7.26. The van der Waals surface area contributed by atoms with E-state index in [-0.39, 0.29) is 11.8 Å². The maximum absolute atomic E-state index is 12.4. The largest absolute Gasteiger partial charge is 0.356 e. The molecule has 0 aliphatic rings. The summed E-state index contributed by atoms with van der Waals surface area (Å²) < 4.78 is 0. The van der Waals surface area contributed by atoms with Gasteiger partial charge in [0.2, 0.25) is 5.91 Å². The standard InChI is InChI=1S/C21H22N2O/c1-3-11-23-21(24)15(2)19-6-4-5-7-20(19)17-8-9-18-14-22-12-10-16(18)13-17/h4-10,12-15H,3,11H2,1-2H3,(H,23,24). The SMILES string of the molecule is CCCNC(=O)C(C)c1ccccc1-c1ccc2cnccc2c1. The van der Waals surface area contributed by atoms with E-state index in [0.29, 0.717) is 6.54 Å². The lowest BCUT2D eigenvalue weighted by atomic mass is 9.90. The van der Waals surface area contributed by atoms with Crippen molar-refractivity contribution in [2.45, 2.75) is 26.2 Å². The number of hydrogen-bond donors (Lipinski definition) is 1. The molecule has 1 unspecified atom stereocenters. The number of fused-ring (bicyclic) bond motifs is 1. The van der Waals surface area contributed by atoms with E-state index in [2.05, 4.69) is 41.5 Å². The van der Waals surface area contributed by atoms with E-state index in [4.69, 9.17) is 0 Å². The number of rotatable bonds is 5. The highest BCUT2D eigenvalue weighted by atomic mass is 16.1. The van der Waals surface area contributed by atoms with Gasteiger partial charge >= 0.3 is 0 Å². The van der Waals surface area contributed by atoms with E-state index >= 15 is 0 Å². The Balaban J connectivity index is 2.00. The lowest BCUT2D eigenvalue weighted by Gasteiger charge is -2.17. The fraction of sp³-hybridized carbons (Fsp3) is 0.238. The molecule has 0 spiro atoms. The molecule has 0 bridgehead atoms. The smallest absolute Gasteiger partial charge is 0.227 e. The van der Waals surface area contributed by atoms with Gasteiger partial charge in [-0.1, -0.05) is 43.3 Å². The Bertz CT molecular complexity index is 857. The number of hydrogen-bond acceptors (Lipinski definition) is 2. The number of amides is 1. The maximum atomic E-state index is 12.4. The van der Waals surface area contributed by atoms with E-state index < -0.39 is 0 Å². The Morgan fingerprint density at radius 3 is 2.79 bits per heavy atom. The van der Waals surface area contributed by atoms with Gasteiger partial charge in [-0.25, -0.2) is 0 Å². The van der Waals surface area contributed by atoms with E-state index in [1.54, 1.807) is 6.20 Å². The molecule has 1 N–H and O–H groups in total. The predicted octanol–water partition coefficient (Wildman–Crippen LogP) is 4.53.